The Bertz CT molecular complexity index is 339. The van der Waals surface area contributed by atoms with Crippen LogP contribution in [-0.4, -0.2) is 52.6 Å². The molecule has 0 radical (unpaired) electrons. The van der Waals surface area contributed by atoms with E-state index in [4.69, 9.17) is 5.11 Å². The Balaban J connectivity index is 1.64. The maximum absolute atomic E-state index is 11.9. The molecule has 2 rings (SSSR count). The average molecular weight is 286 g/mol. The smallest absolute Gasteiger partial charge is 0.317 e. The van der Waals surface area contributed by atoms with Crippen molar-refractivity contribution in [2.24, 2.45) is 11.8 Å². The third-order valence-corrected chi connectivity index (χ3v) is 5.45. The average Bonchev–Trinajstić information content (AvgIpc) is 2.35. The second kappa shape index (κ2) is 6.50. The minimum Gasteiger partial charge on any atom is -0.481 e. The number of carbonyl (C=O) groups is 2. The van der Waals surface area contributed by atoms with Crippen LogP contribution in [-0.2, 0) is 4.79 Å². The van der Waals surface area contributed by atoms with Crippen LogP contribution in [0.3, 0.4) is 0 Å². The van der Waals surface area contributed by atoms with E-state index in [-0.39, 0.29) is 17.9 Å². The summed E-state index contributed by atoms with van der Waals surface area (Å²) in [5.74, 6) is 0.163. The van der Waals surface area contributed by atoms with Gasteiger partial charge in [0.2, 0.25) is 0 Å². The van der Waals surface area contributed by atoms with Gasteiger partial charge in [-0.15, -0.1) is 0 Å². The van der Waals surface area contributed by atoms with E-state index >= 15 is 0 Å². The van der Waals surface area contributed by atoms with Crippen molar-refractivity contribution in [1.82, 2.24) is 10.2 Å². The minimum absolute atomic E-state index is 0.0417. The van der Waals surface area contributed by atoms with Gasteiger partial charge in [0.1, 0.15) is 0 Å². The first kappa shape index (κ1) is 14.5. The molecular formula is C13H22N2O3S. The normalized spacial score (nSPS) is 25.5. The SMILES string of the molecule is CC(C(=O)O)C1CN(C(=O)NCC2CCCCS2)C1. The summed E-state index contributed by atoms with van der Waals surface area (Å²) in [5, 5.41) is 12.4. The Morgan fingerprint density at radius 2 is 2.16 bits per heavy atom. The molecule has 2 aliphatic heterocycles. The summed E-state index contributed by atoms with van der Waals surface area (Å²) >= 11 is 1.94. The van der Waals surface area contributed by atoms with E-state index in [1.54, 1.807) is 11.8 Å². The summed E-state index contributed by atoms with van der Waals surface area (Å²) in [5.41, 5.74) is 0. The largest absolute Gasteiger partial charge is 0.481 e. The van der Waals surface area contributed by atoms with Crippen LogP contribution >= 0.6 is 11.8 Å². The number of aliphatic carboxylic acids is 1. The monoisotopic (exact) mass is 286 g/mol. The summed E-state index contributed by atoms with van der Waals surface area (Å²) in [6.07, 6.45) is 3.73. The maximum Gasteiger partial charge on any atom is 0.317 e. The molecule has 2 amide bonds. The van der Waals surface area contributed by atoms with Crippen molar-refractivity contribution in [2.75, 3.05) is 25.4 Å². The van der Waals surface area contributed by atoms with E-state index in [1.807, 2.05) is 11.8 Å². The van der Waals surface area contributed by atoms with Crippen molar-refractivity contribution in [3.63, 3.8) is 0 Å². The third kappa shape index (κ3) is 3.78. The van der Waals surface area contributed by atoms with Crippen molar-refractivity contribution in [3.8, 4) is 0 Å². The van der Waals surface area contributed by atoms with Crippen molar-refractivity contribution in [1.29, 1.82) is 0 Å². The summed E-state index contributed by atoms with van der Waals surface area (Å²) in [7, 11) is 0. The zero-order chi connectivity index (χ0) is 13.8. The number of nitrogens with zero attached hydrogens (tertiary/aromatic N) is 1. The second-order valence-electron chi connectivity index (χ2n) is 5.47. The van der Waals surface area contributed by atoms with Crippen LogP contribution in [0.2, 0.25) is 0 Å². The van der Waals surface area contributed by atoms with Crippen LogP contribution in [0.4, 0.5) is 4.79 Å². The Morgan fingerprint density at radius 1 is 1.42 bits per heavy atom. The molecular weight excluding hydrogens is 264 g/mol. The van der Waals surface area contributed by atoms with Crippen LogP contribution in [0.5, 0.6) is 0 Å². The van der Waals surface area contributed by atoms with Crippen molar-refractivity contribution in [2.45, 2.75) is 31.4 Å². The van der Waals surface area contributed by atoms with Crippen LogP contribution in [0.25, 0.3) is 0 Å². The number of likely N-dealkylation sites (tertiary alicyclic amines) is 1. The Labute approximate surface area is 118 Å². The summed E-state index contributed by atoms with van der Waals surface area (Å²) in [4.78, 5) is 24.4. The number of carboxylic acids is 1. The van der Waals surface area contributed by atoms with E-state index in [2.05, 4.69) is 5.32 Å². The number of hydrogen-bond donors (Lipinski definition) is 2. The van der Waals surface area contributed by atoms with Crippen LogP contribution in [0, 0.1) is 11.8 Å². The first-order valence-electron chi connectivity index (χ1n) is 6.95. The molecule has 6 heteroatoms. The van der Waals surface area contributed by atoms with Gasteiger partial charge in [0, 0.05) is 30.8 Å². The summed E-state index contributed by atoms with van der Waals surface area (Å²) < 4.78 is 0. The molecule has 19 heavy (non-hydrogen) atoms. The van der Waals surface area contributed by atoms with Gasteiger partial charge in [0.05, 0.1) is 5.92 Å². The number of urea groups is 1. The van der Waals surface area contributed by atoms with Crippen molar-refractivity contribution >= 4 is 23.8 Å². The lowest BCUT2D eigenvalue weighted by Crippen LogP contribution is -2.57. The number of carboxylic acid groups (broad SMARTS) is 1. The third-order valence-electron chi connectivity index (χ3n) is 4.05. The van der Waals surface area contributed by atoms with E-state index in [1.165, 1.54) is 25.0 Å². The summed E-state index contributed by atoms with van der Waals surface area (Å²) in [6, 6.07) is -0.0417. The molecule has 2 saturated heterocycles. The van der Waals surface area contributed by atoms with Gasteiger partial charge >= 0.3 is 12.0 Å². The van der Waals surface area contributed by atoms with E-state index in [9.17, 15) is 9.59 Å². The molecule has 108 valence electrons. The first-order chi connectivity index (χ1) is 9.08. The molecule has 0 aromatic rings. The predicted molar refractivity (Wildman–Crippen MR) is 75.4 cm³/mol. The lowest BCUT2D eigenvalue weighted by atomic mass is 9.87. The van der Waals surface area contributed by atoms with Gasteiger partial charge in [-0.25, -0.2) is 4.79 Å². The minimum atomic E-state index is -0.774. The number of amides is 2. The summed E-state index contributed by atoms with van der Waals surface area (Å²) in [6.45, 7) is 3.58. The van der Waals surface area contributed by atoms with E-state index in [0.29, 0.717) is 18.3 Å². The molecule has 0 bridgehead atoms. The molecule has 2 heterocycles. The lowest BCUT2D eigenvalue weighted by Gasteiger charge is -2.41. The topological polar surface area (TPSA) is 69.6 Å². The molecule has 0 aromatic carbocycles. The zero-order valence-corrected chi connectivity index (χ0v) is 12.1. The molecule has 2 unspecified atom stereocenters. The fraction of sp³-hybridized carbons (Fsp3) is 0.846. The number of hydrogen-bond acceptors (Lipinski definition) is 3. The van der Waals surface area contributed by atoms with Gasteiger partial charge in [0.25, 0.3) is 0 Å². The van der Waals surface area contributed by atoms with Crippen LogP contribution in [0.15, 0.2) is 0 Å². The quantitative estimate of drug-likeness (QED) is 0.824. The van der Waals surface area contributed by atoms with E-state index < -0.39 is 5.97 Å². The molecule has 0 aliphatic carbocycles. The van der Waals surface area contributed by atoms with Crippen molar-refractivity contribution < 1.29 is 14.7 Å². The second-order valence-corrected chi connectivity index (χ2v) is 6.87. The molecule has 5 nitrogen and oxygen atoms in total. The molecule has 0 saturated carbocycles. The number of nitrogens with one attached hydrogen (secondary N) is 1. The van der Waals surface area contributed by atoms with Crippen LogP contribution < -0.4 is 5.32 Å². The van der Waals surface area contributed by atoms with E-state index in [0.717, 1.165) is 6.54 Å². The fourth-order valence-corrected chi connectivity index (χ4v) is 3.72. The molecule has 2 aliphatic rings. The first-order valence-corrected chi connectivity index (χ1v) is 8.00. The van der Waals surface area contributed by atoms with Gasteiger partial charge in [0.15, 0.2) is 0 Å². The number of thioether (sulfide) groups is 1. The van der Waals surface area contributed by atoms with Gasteiger partial charge in [-0.1, -0.05) is 13.3 Å². The Kier molecular flexibility index (Phi) is 4.96. The fourth-order valence-electron chi connectivity index (χ4n) is 2.48. The zero-order valence-electron chi connectivity index (χ0n) is 11.3. The highest BCUT2D eigenvalue weighted by molar-refractivity contribution is 7.99. The van der Waals surface area contributed by atoms with Gasteiger partial charge in [-0.3, -0.25) is 4.79 Å². The molecule has 0 aromatic heterocycles. The highest BCUT2D eigenvalue weighted by atomic mass is 32.2. The molecule has 0 spiro atoms. The Hall–Kier alpha value is -0.910. The van der Waals surface area contributed by atoms with Crippen LogP contribution in [0.1, 0.15) is 26.2 Å². The number of rotatable bonds is 4. The standard InChI is InChI=1S/C13H22N2O3S/c1-9(12(16)17)10-7-15(8-10)13(18)14-6-11-4-2-3-5-19-11/h9-11H,2-8H2,1H3,(H,14,18)(H,16,17). The molecule has 2 N–H and O–H groups in total. The molecule has 2 atom stereocenters. The van der Waals surface area contributed by atoms with Gasteiger partial charge in [-0.2, -0.15) is 11.8 Å². The maximum atomic E-state index is 11.9. The lowest BCUT2D eigenvalue weighted by molar-refractivity contribution is -0.144. The Morgan fingerprint density at radius 3 is 2.74 bits per heavy atom. The van der Waals surface area contributed by atoms with Gasteiger partial charge in [-0.05, 0) is 18.6 Å². The van der Waals surface area contributed by atoms with Crippen molar-refractivity contribution in [3.05, 3.63) is 0 Å². The highest BCUT2D eigenvalue weighted by Gasteiger charge is 2.37. The highest BCUT2D eigenvalue weighted by Crippen LogP contribution is 2.26. The van der Waals surface area contributed by atoms with Gasteiger partial charge < -0.3 is 15.3 Å². The molecule has 2 fully saturated rings. The number of carbonyl (C=O) groups excluding carboxylic acids is 1. The predicted octanol–water partition coefficient (Wildman–Crippen LogP) is 1.63.